The number of carbonyl (C=O) groups is 3. The van der Waals surface area contributed by atoms with Crippen molar-refractivity contribution in [2.24, 2.45) is 0 Å². The van der Waals surface area contributed by atoms with E-state index in [9.17, 15) is 14.4 Å². The number of aryl methyl sites for hydroxylation is 1. The molecule has 196 valence electrons. The van der Waals surface area contributed by atoms with Gasteiger partial charge >= 0.3 is 0 Å². The Kier molecular flexibility index (Phi) is 8.95. The molecule has 1 aliphatic rings. The Bertz CT molecular complexity index is 1410. The van der Waals surface area contributed by atoms with Crippen molar-refractivity contribution in [3.63, 3.8) is 0 Å². The number of benzene rings is 3. The zero-order valence-corrected chi connectivity index (χ0v) is 23.9. The van der Waals surface area contributed by atoms with Crippen LogP contribution in [0.2, 0.25) is 0 Å². The minimum atomic E-state index is -0.529. The maximum absolute atomic E-state index is 12.9. The Labute approximate surface area is 238 Å². The van der Waals surface area contributed by atoms with Gasteiger partial charge in [0.25, 0.3) is 11.1 Å². The van der Waals surface area contributed by atoms with E-state index in [0.29, 0.717) is 35.1 Å². The van der Waals surface area contributed by atoms with E-state index in [1.165, 1.54) is 0 Å². The van der Waals surface area contributed by atoms with E-state index in [0.717, 1.165) is 31.4 Å². The molecule has 0 unspecified atom stereocenters. The van der Waals surface area contributed by atoms with E-state index >= 15 is 0 Å². The molecule has 4 rings (SSSR count). The number of amides is 3. The van der Waals surface area contributed by atoms with E-state index in [2.05, 4.69) is 34.0 Å². The fourth-order valence-electron chi connectivity index (χ4n) is 3.73. The van der Waals surface area contributed by atoms with Crippen LogP contribution in [0.1, 0.15) is 16.7 Å². The van der Waals surface area contributed by atoms with Crippen molar-refractivity contribution in [1.82, 2.24) is 4.90 Å². The molecular weight excluding hydrogens is 619 g/mol. The quantitative estimate of drug-likeness (QED) is 0.230. The topological polar surface area (TPSA) is 94.2 Å². The van der Waals surface area contributed by atoms with E-state index in [4.69, 9.17) is 14.2 Å². The number of imide groups is 1. The van der Waals surface area contributed by atoms with Crippen molar-refractivity contribution in [3.8, 4) is 17.2 Å². The molecule has 0 atom stereocenters. The molecule has 0 bridgehead atoms. The highest BCUT2D eigenvalue weighted by atomic mass is 127. The van der Waals surface area contributed by atoms with Crippen molar-refractivity contribution in [2.75, 3.05) is 26.1 Å². The van der Waals surface area contributed by atoms with Crippen molar-refractivity contribution in [2.45, 2.75) is 13.5 Å². The lowest BCUT2D eigenvalue weighted by Gasteiger charge is -2.14. The van der Waals surface area contributed by atoms with Crippen LogP contribution in [0.4, 0.5) is 10.5 Å². The van der Waals surface area contributed by atoms with Gasteiger partial charge < -0.3 is 19.5 Å². The molecule has 0 saturated carbocycles. The van der Waals surface area contributed by atoms with Crippen molar-refractivity contribution < 1.29 is 28.6 Å². The minimum Gasteiger partial charge on any atom is -0.497 e. The summed E-state index contributed by atoms with van der Waals surface area (Å²) in [6, 6.07) is 18.4. The van der Waals surface area contributed by atoms with Gasteiger partial charge in [0.05, 0.1) is 22.7 Å². The first kappa shape index (κ1) is 27.5. The normalized spacial score (nSPS) is 14.1. The number of hydrogen-bond donors (Lipinski definition) is 1. The van der Waals surface area contributed by atoms with Gasteiger partial charge in [-0.05, 0) is 94.9 Å². The second-order valence-electron chi connectivity index (χ2n) is 8.36. The number of rotatable bonds is 9. The third-order valence-electron chi connectivity index (χ3n) is 5.56. The average molecular weight is 644 g/mol. The van der Waals surface area contributed by atoms with Crippen LogP contribution in [0, 0.1) is 10.5 Å². The highest BCUT2D eigenvalue weighted by Crippen LogP contribution is 2.37. The van der Waals surface area contributed by atoms with Crippen molar-refractivity contribution >= 4 is 63.2 Å². The molecule has 3 aromatic rings. The summed E-state index contributed by atoms with van der Waals surface area (Å²) >= 11 is 2.94. The largest absolute Gasteiger partial charge is 0.497 e. The molecule has 38 heavy (non-hydrogen) atoms. The van der Waals surface area contributed by atoms with Crippen LogP contribution in [-0.2, 0) is 16.2 Å². The second kappa shape index (κ2) is 12.4. The fourth-order valence-corrected chi connectivity index (χ4v) is 5.35. The predicted octanol–water partition coefficient (Wildman–Crippen LogP) is 5.87. The standard InChI is InChI=1S/C28H25IN2O6S/c1-17-5-4-6-18(11-17)16-37-26-22(29)12-19(13-23(26)36-3)14-24-27(33)31(28(34)38-24)15-25(32)30-20-7-9-21(35-2)10-8-20/h4-14H,15-16H2,1-3H3,(H,30,32)/b24-14+. The third kappa shape index (κ3) is 6.67. The summed E-state index contributed by atoms with van der Waals surface area (Å²) in [6.45, 7) is 2.02. The van der Waals surface area contributed by atoms with Crippen LogP contribution >= 0.6 is 34.4 Å². The molecule has 1 N–H and O–H groups in total. The number of methoxy groups -OCH3 is 2. The highest BCUT2D eigenvalue weighted by Gasteiger charge is 2.36. The molecule has 10 heteroatoms. The Morgan fingerprint density at radius 1 is 1.05 bits per heavy atom. The number of carbonyl (C=O) groups excluding carboxylic acids is 3. The maximum Gasteiger partial charge on any atom is 0.294 e. The van der Waals surface area contributed by atoms with Gasteiger partial charge in [0.15, 0.2) is 11.5 Å². The number of nitrogens with zero attached hydrogens (tertiary/aromatic N) is 1. The summed E-state index contributed by atoms with van der Waals surface area (Å²) in [7, 11) is 3.09. The van der Waals surface area contributed by atoms with Gasteiger partial charge in [-0.3, -0.25) is 19.3 Å². The monoisotopic (exact) mass is 644 g/mol. The number of thioether (sulfide) groups is 1. The molecule has 0 radical (unpaired) electrons. The Morgan fingerprint density at radius 2 is 1.82 bits per heavy atom. The van der Waals surface area contributed by atoms with E-state index in [1.807, 2.05) is 31.2 Å². The molecular formula is C28H25IN2O6S. The van der Waals surface area contributed by atoms with Gasteiger partial charge in [-0.15, -0.1) is 0 Å². The number of anilines is 1. The molecule has 1 saturated heterocycles. The molecule has 0 aliphatic carbocycles. The lowest BCUT2D eigenvalue weighted by molar-refractivity contribution is -0.127. The SMILES string of the molecule is COc1ccc(NC(=O)CN2C(=O)S/C(=C/c3cc(I)c(OCc4cccc(C)c4)c(OC)c3)C2=O)cc1. The second-order valence-corrected chi connectivity index (χ2v) is 10.5. The predicted molar refractivity (Wildman–Crippen MR) is 156 cm³/mol. The third-order valence-corrected chi connectivity index (χ3v) is 7.27. The Balaban J connectivity index is 1.45. The maximum atomic E-state index is 12.9. The number of nitrogens with one attached hydrogen (secondary N) is 1. The van der Waals surface area contributed by atoms with Crippen LogP contribution in [0.3, 0.4) is 0 Å². The summed E-state index contributed by atoms with van der Waals surface area (Å²) in [6.07, 6.45) is 1.61. The fraction of sp³-hybridized carbons (Fsp3) is 0.179. The summed E-state index contributed by atoms with van der Waals surface area (Å²) in [4.78, 5) is 39.1. The van der Waals surface area contributed by atoms with Gasteiger partial charge in [-0.25, -0.2) is 0 Å². The first-order valence-electron chi connectivity index (χ1n) is 11.5. The molecule has 1 aliphatic heterocycles. The number of hydrogen-bond acceptors (Lipinski definition) is 7. The summed E-state index contributed by atoms with van der Waals surface area (Å²) < 4.78 is 17.5. The average Bonchev–Trinajstić information content (AvgIpc) is 3.15. The molecule has 0 spiro atoms. The van der Waals surface area contributed by atoms with E-state index in [-0.39, 0.29) is 11.4 Å². The summed E-state index contributed by atoms with van der Waals surface area (Å²) in [5.74, 6) is 0.740. The Morgan fingerprint density at radius 3 is 2.50 bits per heavy atom. The lowest BCUT2D eigenvalue weighted by Crippen LogP contribution is -2.36. The number of ether oxygens (including phenoxy) is 3. The van der Waals surface area contributed by atoms with Crippen molar-refractivity contribution in [1.29, 1.82) is 0 Å². The number of halogens is 1. The van der Waals surface area contributed by atoms with Crippen LogP contribution in [0.5, 0.6) is 17.2 Å². The molecule has 3 aromatic carbocycles. The minimum absolute atomic E-state index is 0.221. The zero-order chi connectivity index (χ0) is 27.2. The van der Waals surface area contributed by atoms with Crippen LogP contribution < -0.4 is 19.5 Å². The van der Waals surface area contributed by atoms with Gasteiger partial charge in [-0.2, -0.15) is 0 Å². The summed E-state index contributed by atoms with van der Waals surface area (Å²) in [5, 5.41) is 2.17. The van der Waals surface area contributed by atoms with E-state index < -0.39 is 17.1 Å². The van der Waals surface area contributed by atoms with Crippen LogP contribution in [0.25, 0.3) is 6.08 Å². The van der Waals surface area contributed by atoms with Gasteiger partial charge in [0, 0.05) is 5.69 Å². The molecule has 1 heterocycles. The smallest absolute Gasteiger partial charge is 0.294 e. The molecule has 1 fully saturated rings. The molecule has 8 nitrogen and oxygen atoms in total. The zero-order valence-electron chi connectivity index (χ0n) is 20.9. The van der Waals surface area contributed by atoms with Crippen LogP contribution in [-0.4, -0.2) is 42.7 Å². The molecule has 3 amide bonds. The molecule has 0 aromatic heterocycles. The Hall–Kier alpha value is -3.51. The van der Waals surface area contributed by atoms with Crippen LogP contribution in [0.15, 0.2) is 65.6 Å². The lowest BCUT2D eigenvalue weighted by atomic mass is 10.1. The summed E-state index contributed by atoms with van der Waals surface area (Å²) in [5.41, 5.74) is 3.39. The first-order chi connectivity index (χ1) is 18.3. The van der Waals surface area contributed by atoms with E-state index in [1.54, 1.807) is 50.6 Å². The first-order valence-corrected chi connectivity index (χ1v) is 13.4. The highest BCUT2D eigenvalue weighted by molar-refractivity contribution is 14.1. The van der Waals surface area contributed by atoms with Gasteiger partial charge in [0.2, 0.25) is 5.91 Å². The van der Waals surface area contributed by atoms with Crippen molar-refractivity contribution in [3.05, 3.63) is 85.8 Å². The van der Waals surface area contributed by atoms with Gasteiger partial charge in [-0.1, -0.05) is 29.8 Å². The van der Waals surface area contributed by atoms with Gasteiger partial charge in [0.1, 0.15) is 18.9 Å².